The van der Waals surface area contributed by atoms with E-state index in [9.17, 15) is 28.8 Å². The first-order chi connectivity index (χ1) is 13.3. The van der Waals surface area contributed by atoms with Gasteiger partial charge in [0.1, 0.15) is 0 Å². The standard InChI is InChI=1S/C16H20N2O10/c1-25-13(21)3-5-15(23)27-9-11(19)17-7-8-18-12(20)10-28-16(24)6-4-14(22)26-2/h3-6H,7-10H2,1-2H3,(H,17,19)(H,18,20)/b5-3+,6-4+. The quantitative estimate of drug-likeness (QED) is 0.168. The van der Waals surface area contributed by atoms with Crippen LogP contribution in [0.25, 0.3) is 0 Å². The van der Waals surface area contributed by atoms with E-state index in [0.29, 0.717) is 0 Å². The number of ether oxygens (including phenoxy) is 4. The van der Waals surface area contributed by atoms with Crippen LogP contribution < -0.4 is 10.6 Å². The number of nitrogens with one attached hydrogen (secondary N) is 2. The molecule has 12 heteroatoms. The number of carbonyl (C=O) groups is 6. The van der Waals surface area contributed by atoms with Crippen LogP contribution >= 0.6 is 0 Å². The summed E-state index contributed by atoms with van der Waals surface area (Å²) in [6.07, 6.45) is 3.30. The van der Waals surface area contributed by atoms with Crippen molar-refractivity contribution in [2.45, 2.75) is 0 Å². The molecule has 0 saturated carbocycles. The van der Waals surface area contributed by atoms with Gasteiger partial charge < -0.3 is 29.6 Å². The van der Waals surface area contributed by atoms with Gasteiger partial charge in [0.25, 0.3) is 11.8 Å². The number of methoxy groups -OCH3 is 2. The largest absolute Gasteiger partial charge is 0.466 e. The molecule has 0 rings (SSSR count). The highest BCUT2D eigenvalue weighted by atomic mass is 16.5. The topological polar surface area (TPSA) is 163 Å². The van der Waals surface area contributed by atoms with Gasteiger partial charge in [0.15, 0.2) is 13.2 Å². The van der Waals surface area contributed by atoms with E-state index in [1.165, 1.54) is 0 Å². The number of amides is 2. The maximum Gasteiger partial charge on any atom is 0.331 e. The summed E-state index contributed by atoms with van der Waals surface area (Å²) in [4.78, 5) is 66.7. The van der Waals surface area contributed by atoms with Gasteiger partial charge in [-0.05, 0) is 0 Å². The number of hydrogen-bond donors (Lipinski definition) is 2. The normalized spacial score (nSPS) is 10.2. The Morgan fingerprint density at radius 3 is 1.25 bits per heavy atom. The van der Waals surface area contributed by atoms with Crippen LogP contribution in [-0.4, -0.2) is 76.2 Å². The lowest BCUT2D eigenvalue weighted by atomic mass is 10.5. The molecule has 12 nitrogen and oxygen atoms in total. The maximum absolute atomic E-state index is 11.4. The van der Waals surface area contributed by atoms with Gasteiger partial charge in [0, 0.05) is 37.4 Å². The van der Waals surface area contributed by atoms with Crippen molar-refractivity contribution in [2.24, 2.45) is 0 Å². The summed E-state index contributed by atoms with van der Waals surface area (Å²) in [5, 5.41) is 4.71. The molecule has 154 valence electrons. The maximum atomic E-state index is 11.4. The van der Waals surface area contributed by atoms with Crippen molar-refractivity contribution in [1.82, 2.24) is 10.6 Å². The Labute approximate surface area is 159 Å². The van der Waals surface area contributed by atoms with Crippen LogP contribution in [0.15, 0.2) is 24.3 Å². The summed E-state index contributed by atoms with van der Waals surface area (Å²) in [5.41, 5.74) is 0. The highest BCUT2D eigenvalue weighted by Crippen LogP contribution is 1.85. The second-order valence-electron chi connectivity index (χ2n) is 4.63. The van der Waals surface area contributed by atoms with Crippen molar-refractivity contribution >= 4 is 35.7 Å². The average molecular weight is 400 g/mol. The van der Waals surface area contributed by atoms with Gasteiger partial charge in [-0.3, -0.25) is 9.59 Å². The Morgan fingerprint density at radius 1 is 0.607 bits per heavy atom. The molecule has 0 aliphatic carbocycles. The van der Waals surface area contributed by atoms with Gasteiger partial charge in [0.2, 0.25) is 0 Å². The summed E-state index contributed by atoms with van der Waals surface area (Å²) in [6.45, 7) is -1.11. The van der Waals surface area contributed by atoms with Gasteiger partial charge >= 0.3 is 23.9 Å². The van der Waals surface area contributed by atoms with Crippen LogP contribution in [0.5, 0.6) is 0 Å². The molecule has 0 saturated heterocycles. The molecular weight excluding hydrogens is 380 g/mol. The van der Waals surface area contributed by atoms with Crippen molar-refractivity contribution in [3.8, 4) is 0 Å². The zero-order valence-corrected chi connectivity index (χ0v) is 15.2. The second-order valence-corrected chi connectivity index (χ2v) is 4.63. The second kappa shape index (κ2) is 14.5. The molecule has 0 aromatic heterocycles. The van der Waals surface area contributed by atoms with Crippen molar-refractivity contribution in [2.75, 3.05) is 40.5 Å². The summed E-state index contributed by atoms with van der Waals surface area (Å²) in [7, 11) is 2.27. The Kier molecular flexibility index (Phi) is 12.6. The first-order valence-electron chi connectivity index (χ1n) is 7.67. The SMILES string of the molecule is COC(=O)/C=C/C(=O)OCC(=O)NCCNC(=O)COC(=O)/C=C/C(=O)OC. The molecule has 0 aromatic carbocycles. The zero-order chi connectivity index (χ0) is 21.4. The van der Waals surface area contributed by atoms with E-state index in [4.69, 9.17) is 0 Å². The molecule has 0 radical (unpaired) electrons. The summed E-state index contributed by atoms with van der Waals surface area (Å²) in [5.74, 6) is -4.57. The van der Waals surface area contributed by atoms with Crippen molar-refractivity contribution in [3.05, 3.63) is 24.3 Å². The fourth-order valence-electron chi connectivity index (χ4n) is 1.28. The lowest BCUT2D eigenvalue weighted by Crippen LogP contribution is -2.38. The van der Waals surface area contributed by atoms with Crippen LogP contribution in [0.4, 0.5) is 0 Å². The molecule has 0 unspecified atom stereocenters. The minimum Gasteiger partial charge on any atom is -0.466 e. The predicted octanol–water partition coefficient (Wildman–Crippen LogP) is -2.24. The highest BCUT2D eigenvalue weighted by molar-refractivity contribution is 5.93. The molecule has 0 aromatic rings. The van der Waals surface area contributed by atoms with E-state index in [-0.39, 0.29) is 13.1 Å². The van der Waals surface area contributed by atoms with Gasteiger partial charge in [-0.25, -0.2) is 19.2 Å². The number of esters is 4. The van der Waals surface area contributed by atoms with Crippen LogP contribution in [0.1, 0.15) is 0 Å². The molecule has 0 aliphatic heterocycles. The molecule has 0 fully saturated rings. The van der Waals surface area contributed by atoms with Crippen molar-refractivity contribution in [3.63, 3.8) is 0 Å². The average Bonchev–Trinajstić information content (AvgIpc) is 2.69. The number of hydrogen-bond acceptors (Lipinski definition) is 10. The minimum atomic E-state index is -0.906. The summed E-state index contributed by atoms with van der Waals surface area (Å²) in [6, 6.07) is 0. The molecule has 0 heterocycles. The van der Waals surface area contributed by atoms with E-state index in [1.54, 1.807) is 0 Å². The molecule has 0 aliphatic rings. The van der Waals surface area contributed by atoms with Gasteiger partial charge in [0.05, 0.1) is 14.2 Å². The van der Waals surface area contributed by atoms with E-state index in [2.05, 4.69) is 29.6 Å². The Balaban J connectivity index is 3.85. The summed E-state index contributed by atoms with van der Waals surface area (Å²) >= 11 is 0. The molecule has 28 heavy (non-hydrogen) atoms. The fraction of sp³-hybridized carbons (Fsp3) is 0.375. The highest BCUT2D eigenvalue weighted by Gasteiger charge is 2.07. The fourth-order valence-corrected chi connectivity index (χ4v) is 1.28. The van der Waals surface area contributed by atoms with Gasteiger partial charge in [-0.2, -0.15) is 0 Å². The lowest BCUT2D eigenvalue weighted by molar-refractivity contribution is -0.144. The van der Waals surface area contributed by atoms with E-state index < -0.39 is 48.9 Å². The molecule has 0 atom stereocenters. The van der Waals surface area contributed by atoms with Crippen LogP contribution in [0.3, 0.4) is 0 Å². The third-order valence-corrected chi connectivity index (χ3v) is 2.57. The Morgan fingerprint density at radius 2 is 0.929 bits per heavy atom. The first kappa shape index (κ1) is 24.3. The number of rotatable bonds is 11. The first-order valence-corrected chi connectivity index (χ1v) is 7.67. The number of carbonyl (C=O) groups excluding carboxylic acids is 6. The Bertz CT molecular complexity index is 598. The zero-order valence-electron chi connectivity index (χ0n) is 15.2. The molecule has 2 N–H and O–H groups in total. The Hall–Kier alpha value is -3.70. The van der Waals surface area contributed by atoms with Crippen LogP contribution in [0, 0.1) is 0 Å². The molecule has 0 bridgehead atoms. The van der Waals surface area contributed by atoms with Crippen LogP contribution in [0.2, 0.25) is 0 Å². The molecule has 0 spiro atoms. The van der Waals surface area contributed by atoms with Crippen molar-refractivity contribution < 1.29 is 47.7 Å². The predicted molar refractivity (Wildman–Crippen MR) is 90.2 cm³/mol. The minimum absolute atomic E-state index is 0.0241. The monoisotopic (exact) mass is 400 g/mol. The van der Waals surface area contributed by atoms with Crippen molar-refractivity contribution in [1.29, 1.82) is 0 Å². The van der Waals surface area contributed by atoms with E-state index in [1.807, 2.05) is 0 Å². The van der Waals surface area contributed by atoms with E-state index in [0.717, 1.165) is 38.5 Å². The lowest BCUT2D eigenvalue weighted by Gasteiger charge is -2.07. The van der Waals surface area contributed by atoms with Gasteiger partial charge in [-0.15, -0.1) is 0 Å². The molecular formula is C16H20N2O10. The third-order valence-electron chi connectivity index (χ3n) is 2.57. The molecule has 2 amide bonds. The van der Waals surface area contributed by atoms with Crippen LogP contribution in [-0.2, 0) is 47.7 Å². The smallest absolute Gasteiger partial charge is 0.331 e. The van der Waals surface area contributed by atoms with E-state index >= 15 is 0 Å². The summed E-state index contributed by atoms with van der Waals surface area (Å²) < 4.78 is 17.7. The van der Waals surface area contributed by atoms with Gasteiger partial charge in [-0.1, -0.05) is 0 Å². The third kappa shape index (κ3) is 13.6.